The summed E-state index contributed by atoms with van der Waals surface area (Å²) in [5, 5.41) is 0.664. The van der Waals surface area contributed by atoms with E-state index in [1.54, 1.807) is 0 Å². The summed E-state index contributed by atoms with van der Waals surface area (Å²) in [7, 11) is -2.35. The number of halogens is 2. The zero-order chi connectivity index (χ0) is 22.0. The fourth-order valence-corrected chi connectivity index (χ4v) is 5.87. The maximum absolute atomic E-state index is 13.9. The van der Waals surface area contributed by atoms with Crippen LogP contribution in [0, 0.1) is 11.7 Å². The molecule has 4 rings (SSSR count). The lowest BCUT2D eigenvalue weighted by Gasteiger charge is -2.37. The van der Waals surface area contributed by atoms with Crippen LogP contribution in [0.25, 0.3) is 0 Å². The minimum absolute atomic E-state index is 0.00843. The van der Waals surface area contributed by atoms with Gasteiger partial charge in [-0.3, -0.25) is 4.90 Å². The van der Waals surface area contributed by atoms with Crippen molar-refractivity contribution in [2.24, 2.45) is 5.92 Å². The highest BCUT2D eigenvalue weighted by atomic mass is 35.5. The summed E-state index contributed by atoms with van der Waals surface area (Å²) in [6.07, 6.45) is 3.96. The Bertz CT molecular complexity index is 1020. The van der Waals surface area contributed by atoms with Gasteiger partial charge in [-0.1, -0.05) is 35.9 Å². The van der Waals surface area contributed by atoms with E-state index in [1.807, 2.05) is 18.2 Å². The second-order valence-corrected chi connectivity index (χ2v) is 10.9. The molecule has 0 radical (unpaired) electrons. The van der Waals surface area contributed by atoms with Gasteiger partial charge in [-0.15, -0.1) is 0 Å². The molecular formula is C23H28ClFN2O3S. The van der Waals surface area contributed by atoms with Crippen LogP contribution in [-0.4, -0.2) is 50.4 Å². The van der Waals surface area contributed by atoms with Crippen LogP contribution >= 0.6 is 11.6 Å². The zero-order valence-corrected chi connectivity index (χ0v) is 19.2. The smallest absolute Gasteiger partial charge is 0.245 e. The lowest BCUT2D eigenvalue weighted by molar-refractivity contribution is 0.0575. The Labute approximate surface area is 188 Å². The van der Waals surface area contributed by atoms with E-state index in [0.29, 0.717) is 17.3 Å². The quantitative estimate of drug-likeness (QED) is 0.572. The van der Waals surface area contributed by atoms with Gasteiger partial charge >= 0.3 is 0 Å². The van der Waals surface area contributed by atoms with Gasteiger partial charge in [0.25, 0.3) is 0 Å². The van der Waals surface area contributed by atoms with E-state index in [2.05, 4.69) is 4.90 Å². The summed E-state index contributed by atoms with van der Waals surface area (Å²) < 4.78 is 46.6. The van der Waals surface area contributed by atoms with Gasteiger partial charge in [-0.2, -0.15) is 0 Å². The molecule has 1 aliphatic carbocycles. The topological polar surface area (TPSA) is 49.9 Å². The first-order valence-corrected chi connectivity index (χ1v) is 12.5. The van der Waals surface area contributed by atoms with Crippen LogP contribution in [0.15, 0.2) is 47.4 Å². The molecule has 0 N–H and O–H groups in total. The fourth-order valence-electron chi connectivity index (χ4n) is 4.33. The monoisotopic (exact) mass is 466 g/mol. The summed E-state index contributed by atoms with van der Waals surface area (Å²) in [6.45, 7) is 3.38. The number of nitrogens with zero attached hydrogens (tertiary/aromatic N) is 2. The Balaban J connectivity index is 1.31. The second kappa shape index (κ2) is 9.45. The van der Waals surface area contributed by atoms with E-state index in [-0.39, 0.29) is 16.9 Å². The van der Waals surface area contributed by atoms with Crippen molar-refractivity contribution in [1.82, 2.24) is 9.21 Å². The number of rotatable bonds is 8. The lowest BCUT2D eigenvalue weighted by atomic mass is 9.82. The molecular weight excluding hydrogens is 439 g/mol. The average molecular weight is 467 g/mol. The highest BCUT2D eigenvalue weighted by Crippen LogP contribution is 2.37. The molecule has 31 heavy (non-hydrogen) atoms. The first kappa shape index (κ1) is 22.5. The van der Waals surface area contributed by atoms with E-state index in [0.717, 1.165) is 44.1 Å². The normalized spacial score (nSPS) is 21.9. The van der Waals surface area contributed by atoms with Crippen LogP contribution in [0.4, 0.5) is 4.39 Å². The highest BCUT2D eigenvalue weighted by molar-refractivity contribution is 7.89. The van der Waals surface area contributed by atoms with Gasteiger partial charge in [0, 0.05) is 20.1 Å². The van der Waals surface area contributed by atoms with Crippen LogP contribution in [0.3, 0.4) is 0 Å². The van der Waals surface area contributed by atoms with E-state index in [9.17, 15) is 12.8 Å². The van der Waals surface area contributed by atoms with Gasteiger partial charge in [0.1, 0.15) is 16.5 Å². The Morgan fingerprint density at radius 1 is 1.13 bits per heavy atom. The van der Waals surface area contributed by atoms with Crippen molar-refractivity contribution in [3.8, 4) is 5.75 Å². The predicted octanol–water partition coefficient (Wildman–Crippen LogP) is 4.55. The molecule has 2 fully saturated rings. The summed E-state index contributed by atoms with van der Waals surface area (Å²) in [6, 6.07) is 11.4. The van der Waals surface area contributed by atoms with Crippen molar-refractivity contribution < 1.29 is 17.5 Å². The van der Waals surface area contributed by atoms with Gasteiger partial charge in [-0.05, 0) is 68.5 Å². The van der Waals surface area contributed by atoms with Crippen LogP contribution in [0.5, 0.6) is 5.75 Å². The van der Waals surface area contributed by atoms with Crippen LogP contribution in [-0.2, 0) is 16.6 Å². The van der Waals surface area contributed by atoms with Crippen molar-refractivity contribution in [2.45, 2.75) is 43.2 Å². The SMILES string of the molecule is CN(CC1CC(Oc2cccc(CN3CCCC3)c2Cl)C1)S(=O)(=O)c1ccccc1F. The minimum atomic E-state index is -3.85. The molecule has 1 heterocycles. The highest BCUT2D eigenvalue weighted by Gasteiger charge is 2.35. The zero-order valence-electron chi connectivity index (χ0n) is 17.6. The summed E-state index contributed by atoms with van der Waals surface area (Å²) in [5.74, 6) is 0.130. The number of ether oxygens (including phenoxy) is 1. The maximum Gasteiger partial charge on any atom is 0.245 e. The Hall–Kier alpha value is -1.67. The average Bonchev–Trinajstić information content (AvgIpc) is 3.22. The summed E-state index contributed by atoms with van der Waals surface area (Å²) >= 11 is 6.60. The fraction of sp³-hybridized carbons (Fsp3) is 0.478. The third-order valence-electron chi connectivity index (χ3n) is 6.16. The second-order valence-electron chi connectivity index (χ2n) is 8.51. The molecule has 0 unspecified atom stereocenters. The Morgan fingerprint density at radius 3 is 2.55 bits per heavy atom. The molecule has 1 saturated heterocycles. The van der Waals surface area contributed by atoms with Crippen LogP contribution in [0.2, 0.25) is 5.02 Å². The maximum atomic E-state index is 13.9. The van der Waals surface area contributed by atoms with Gasteiger partial charge in [-0.25, -0.2) is 17.1 Å². The third kappa shape index (κ3) is 5.06. The van der Waals surface area contributed by atoms with Crippen molar-refractivity contribution in [2.75, 3.05) is 26.7 Å². The van der Waals surface area contributed by atoms with Gasteiger partial charge in [0.05, 0.1) is 11.1 Å². The molecule has 2 aromatic rings. The van der Waals surface area contributed by atoms with Gasteiger partial charge in [0.15, 0.2) is 0 Å². The molecule has 2 aliphatic rings. The molecule has 0 atom stereocenters. The summed E-state index contributed by atoms with van der Waals surface area (Å²) in [4.78, 5) is 2.11. The largest absolute Gasteiger partial charge is 0.489 e. The lowest BCUT2D eigenvalue weighted by Crippen LogP contribution is -2.42. The van der Waals surface area contributed by atoms with Crippen molar-refractivity contribution in [1.29, 1.82) is 0 Å². The Kier molecular flexibility index (Phi) is 6.86. The number of sulfonamides is 1. The first-order valence-electron chi connectivity index (χ1n) is 10.7. The summed E-state index contributed by atoms with van der Waals surface area (Å²) in [5.41, 5.74) is 1.08. The number of hydrogen-bond acceptors (Lipinski definition) is 4. The molecule has 0 amide bonds. The molecule has 0 bridgehead atoms. The van der Waals surface area contributed by atoms with Crippen molar-refractivity contribution in [3.05, 3.63) is 58.9 Å². The number of benzene rings is 2. The van der Waals surface area contributed by atoms with E-state index >= 15 is 0 Å². The molecule has 2 aromatic carbocycles. The first-order chi connectivity index (χ1) is 14.8. The molecule has 8 heteroatoms. The number of hydrogen-bond donors (Lipinski definition) is 0. The van der Waals surface area contributed by atoms with Crippen molar-refractivity contribution in [3.63, 3.8) is 0 Å². The Morgan fingerprint density at radius 2 is 1.84 bits per heavy atom. The third-order valence-corrected chi connectivity index (χ3v) is 8.45. The minimum Gasteiger partial charge on any atom is -0.489 e. The van der Waals surface area contributed by atoms with Crippen molar-refractivity contribution >= 4 is 21.6 Å². The molecule has 0 aromatic heterocycles. The molecule has 1 saturated carbocycles. The van der Waals surface area contributed by atoms with Crippen LogP contribution in [0.1, 0.15) is 31.2 Å². The van der Waals surface area contributed by atoms with Gasteiger partial charge in [0.2, 0.25) is 10.0 Å². The standard InChI is InChI=1S/C23H28ClFN2O3S/c1-26(31(28,29)22-10-3-2-8-20(22)25)15-17-13-19(14-17)30-21-9-6-7-18(23(21)24)16-27-11-4-5-12-27/h2-3,6-10,17,19H,4-5,11-16H2,1H3. The predicted molar refractivity (Wildman–Crippen MR) is 119 cm³/mol. The van der Waals surface area contributed by atoms with E-state index in [4.69, 9.17) is 16.3 Å². The van der Waals surface area contributed by atoms with E-state index in [1.165, 1.54) is 42.4 Å². The van der Waals surface area contributed by atoms with Crippen LogP contribution < -0.4 is 4.74 Å². The van der Waals surface area contributed by atoms with Gasteiger partial charge < -0.3 is 4.74 Å². The number of likely N-dealkylation sites (tertiary alicyclic amines) is 1. The van der Waals surface area contributed by atoms with E-state index < -0.39 is 15.8 Å². The molecule has 5 nitrogen and oxygen atoms in total. The molecule has 1 aliphatic heterocycles. The molecule has 168 valence electrons. The molecule has 0 spiro atoms.